The van der Waals surface area contributed by atoms with Crippen LogP contribution in [0.4, 0.5) is 9.39 Å². The molecule has 1 N–H and O–H groups in total. The number of anilines is 1. The lowest BCUT2D eigenvalue weighted by atomic mass is 9.88. The Morgan fingerprint density at radius 2 is 2.23 bits per heavy atom. The smallest absolute Gasteiger partial charge is 0.259 e. The van der Waals surface area contributed by atoms with Crippen LogP contribution in [0.15, 0.2) is 24.3 Å². The number of thiophene rings is 1. The van der Waals surface area contributed by atoms with E-state index in [1.54, 1.807) is 6.07 Å². The summed E-state index contributed by atoms with van der Waals surface area (Å²) in [4.78, 5) is 13.4. The summed E-state index contributed by atoms with van der Waals surface area (Å²) in [5, 5.41) is 12.7. The zero-order valence-electron chi connectivity index (χ0n) is 12.1. The number of fused-ring (bicyclic) bond motifs is 1. The van der Waals surface area contributed by atoms with Crippen LogP contribution in [0.3, 0.4) is 0 Å². The van der Waals surface area contributed by atoms with Crippen LogP contribution in [0, 0.1) is 23.1 Å². The summed E-state index contributed by atoms with van der Waals surface area (Å²) in [6, 6.07) is 8.04. The normalized spacial score (nSPS) is 16.7. The van der Waals surface area contributed by atoms with Gasteiger partial charge in [-0.25, -0.2) is 4.39 Å². The Hall–Kier alpha value is -2.19. The van der Waals surface area contributed by atoms with Gasteiger partial charge in [-0.1, -0.05) is 19.1 Å². The van der Waals surface area contributed by atoms with Gasteiger partial charge in [0.25, 0.3) is 5.91 Å². The van der Waals surface area contributed by atoms with Crippen molar-refractivity contribution in [3.05, 3.63) is 51.7 Å². The fourth-order valence-corrected chi connectivity index (χ4v) is 3.97. The van der Waals surface area contributed by atoms with Gasteiger partial charge in [-0.15, -0.1) is 11.3 Å². The molecule has 0 aliphatic heterocycles. The number of carbonyl (C=O) groups excluding carboxylic acids is 1. The second-order valence-corrected chi connectivity index (χ2v) is 6.71. The maximum Gasteiger partial charge on any atom is 0.259 e. The van der Waals surface area contributed by atoms with Gasteiger partial charge in [0.15, 0.2) is 0 Å². The van der Waals surface area contributed by atoms with Crippen LogP contribution in [0.25, 0.3) is 0 Å². The lowest BCUT2D eigenvalue weighted by Gasteiger charge is -2.17. The highest BCUT2D eigenvalue weighted by Gasteiger charge is 2.25. The molecule has 1 atom stereocenters. The number of benzene rings is 1. The molecule has 0 saturated carbocycles. The van der Waals surface area contributed by atoms with Gasteiger partial charge >= 0.3 is 0 Å². The summed E-state index contributed by atoms with van der Waals surface area (Å²) in [6.07, 6.45) is 2.90. The topological polar surface area (TPSA) is 52.9 Å². The van der Waals surface area contributed by atoms with Crippen molar-refractivity contribution in [2.45, 2.75) is 26.2 Å². The van der Waals surface area contributed by atoms with Crippen molar-refractivity contribution in [3.63, 3.8) is 0 Å². The first-order chi connectivity index (χ1) is 10.6. The third-order valence-electron chi connectivity index (χ3n) is 3.96. The predicted molar refractivity (Wildman–Crippen MR) is 84.6 cm³/mol. The van der Waals surface area contributed by atoms with E-state index in [0.717, 1.165) is 24.8 Å². The van der Waals surface area contributed by atoms with Crippen LogP contribution in [-0.4, -0.2) is 5.91 Å². The first kappa shape index (κ1) is 14.7. The van der Waals surface area contributed by atoms with Gasteiger partial charge in [0, 0.05) is 4.88 Å². The highest BCUT2D eigenvalue weighted by atomic mass is 32.1. The summed E-state index contributed by atoms with van der Waals surface area (Å²) in [7, 11) is 0. The largest absolute Gasteiger partial charge is 0.312 e. The molecule has 0 radical (unpaired) electrons. The summed E-state index contributed by atoms with van der Waals surface area (Å²) in [5.41, 5.74) is 1.58. The third-order valence-corrected chi connectivity index (χ3v) is 5.17. The first-order valence-electron chi connectivity index (χ1n) is 7.20. The molecule has 0 bridgehead atoms. The maximum atomic E-state index is 13.7. The number of aryl methyl sites for hydroxylation is 1. The Bertz CT molecular complexity index is 775. The molecule has 1 heterocycles. The average Bonchev–Trinajstić information content (AvgIpc) is 2.83. The molecule has 112 valence electrons. The maximum absolute atomic E-state index is 13.7. The van der Waals surface area contributed by atoms with E-state index in [0.29, 0.717) is 16.5 Å². The standard InChI is InChI=1S/C17H15FN2OS/c1-10-6-7-15-12(8-10)13(9-19)17(22-15)20-16(21)11-4-2-3-5-14(11)18/h2-5,10H,6-8H2,1H3,(H,20,21)/t10-/m1/s1. The zero-order valence-corrected chi connectivity index (χ0v) is 13.0. The Kier molecular flexibility index (Phi) is 3.95. The van der Waals surface area contributed by atoms with E-state index in [9.17, 15) is 14.4 Å². The minimum Gasteiger partial charge on any atom is -0.312 e. The van der Waals surface area contributed by atoms with Crippen molar-refractivity contribution in [2.75, 3.05) is 5.32 Å². The summed E-state index contributed by atoms with van der Waals surface area (Å²) >= 11 is 1.44. The van der Waals surface area contributed by atoms with Crippen LogP contribution in [0.5, 0.6) is 0 Å². The average molecular weight is 314 g/mol. The fourth-order valence-electron chi connectivity index (χ4n) is 2.78. The Balaban J connectivity index is 1.92. The molecule has 0 spiro atoms. The molecule has 0 unspecified atom stereocenters. The highest BCUT2D eigenvalue weighted by Crippen LogP contribution is 2.39. The molecule has 22 heavy (non-hydrogen) atoms. The molecular weight excluding hydrogens is 299 g/mol. The molecule has 0 fully saturated rings. The van der Waals surface area contributed by atoms with Crippen molar-refractivity contribution in [1.82, 2.24) is 0 Å². The second-order valence-electron chi connectivity index (χ2n) is 5.60. The van der Waals surface area contributed by atoms with E-state index in [4.69, 9.17) is 0 Å². The lowest BCUT2D eigenvalue weighted by molar-refractivity contribution is 0.102. The van der Waals surface area contributed by atoms with Gasteiger partial charge < -0.3 is 5.32 Å². The number of nitrogens with one attached hydrogen (secondary N) is 1. The van der Waals surface area contributed by atoms with E-state index in [1.165, 1.54) is 34.4 Å². The number of rotatable bonds is 2. The van der Waals surface area contributed by atoms with E-state index in [-0.39, 0.29) is 5.56 Å². The molecule has 2 aromatic rings. The fraction of sp³-hybridized carbons (Fsp3) is 0.294. The van der Waals surface area contributed by atoms with Crippen molar-refractivity contribution in [2.24, 2.45) is 5.92 Å². The van der Waals surface area contributed by atoms with Crippen molar-refractivity contribution in [3.8, 4) is 6.07 Å². The van der Waals surface area contributed by atoms with Gasteiger partial charge in [0.2, 0.25) is 0 Å². The molecule has 1 aromatic heterocycles. The van der Waals surface area contributed by atoms with E-state index >= 15 is 0 Å². The Morgan fingerprint density at radius 1 is 1.45 bits per heavy atom. The quantitative estimate of drug-likeness (QED) is 0.906. The Morgan fingerprint density at radius 3 is 2.95 bits per heavy atom. The number of nitriles is 1. The number of carbonyl (C=O) groups is 1. The molecule has 0 saturated heterocycles. The van der Waals surface area contributed by atoms with Crippen LogP contribution in [-0.2, 0) is 12.8 Å². The van der Waals surface area contributed by atoms with Crippen LogP contribution >= 0.6 is 11.3 Å². The van der Waals surface area contributed by atoms with Gasteiger partial charge in [0.1, 0.15) is 16.9 Å². The summed E-state index contributed by atoms with van der Waals surface area (Å²) in [5.74, 6) is -0.529. The summed E-state index contributed by atoms with van der Waals surface area (Å²) in [6.45, 7) is 2.17. The number of amides is 1. The molecule has 1 aliphatic carbocycles. The van der Waals surface area contributed by atoms with E-state index in [1.807, 2.05) is 0 Å². The Labute approximate surface area is 132 Å². The molecule has 1 aromatic carbocycles. The SMILES string of the molecule is C[C@@H]1CCc2sc(NC(=O)c3ccccc3F)c(C#N)c2C1. The molecular formula is C17H15FN2OS. The highest BCUT2D eigenvalue weighted by molar-refractivity contribution is 7.16. The van der Waals surface area contributed by atoms with Gasteiger partial charge in [-0.3, -0.25) is 4.79 Å². The second kappa shape index (κ2) is 5.90. The third kappa shape index (κ3) is 2.62. The van der Waals surface area contributed by atoms with Gasteiger partial charge in [0.05, 0.1) is 11.1 Å². The minimum absolute atomic E-state index is 0.00821. The number of hydrogen-bond donors (Lipinski definition) is 1. The van der Waals surface area contributed by atoms with Gasteiger partial charge in [-0.2, -0.15) is 5.26 Å². The van der Waals surface area contributed by atoms with Gasteiger partial charge in [-0.05, 0) is 42.9 Å². The molecule has 1 amide bonds. The van der Waals surface area contributed by atoms with E-state index in [2.05, 4.69) is 18.3 Å². The van der Waals surface area contributed by atoms with Crippen molar-refractivity contribution < 1.29 is 9.18 Å². The van der Waals surface area contributed by atoms with E-state index < -0.39 is 11.7 Å². The number of nitrogens with zero attached hydrogens (tertiary/aromatic N) is 1. The van der Waals surface area contributed by atoms with Crippen molar-refractivity contribution in [1.29, 1.82) is 5.26 Å². The zero-order chi connectivity index (χ0) is 15.7. The van der Waals surface area contributed by atoms with Crippen LogP contribution < -0.4 is 5.32 Å². The van der Waals surface area contributed by atoms with Crippen molar-refractivity contribution >= 4 is 22.2 Å². The summed E-state index contributed by atoms with van der Waals surface area (Å²) < 4.78 is 13.7. The minimum atomic E-state index is -0.562. The number of halogens is 1. The monoisotopic (exact) mass is 314 g/mol. The predicted octanol–water partition coefficient (Wildman–Crippen LogP) is 4.14. The first-order valence-corrected chi connectivity index (χ1v) is 8.02. The molecule has 3 nitrogen and oxygen atoms in total. The molecule has 1 aliphatic rings. The lowest BCUT2D eigenvalue weighted by Crippen LogP contribution is -2.14. The molecule has 3 rings (SSSR count). The van der Waals surface area contributed by atoms with Crippen LogP contribution in [0.1, 0.15) is 39.7 Å². The number of hydrogen-bond acceptors (Lipinski definition) is 3. The molecule has 5 heteroatoms. The van der Waals surface area contributed by atoms with Crippen LogP contribution in [0.2, 0.25) is 0 Å².